The van der Waals surface area contributed by atoms with Crippen molar-refractivity contribution in [2.45, 2.75) is 13.0 Å². The van der Waals surface area contributed by atoms with E-state index in [1.54, 1.807) is 28.4 Å². The zero-order chi connectivity index (χ0) is 22.9. The zero-order valence-corrected chi connectivity index (χ0v) is 19.9. The molecule has 8 heteroatoms. The van der Waals surface area contributed by atoms with Crippen molar-refractivity contribution < 1.29 is 18.9 Å². The fourth-order valence-electron chi connectivity index (χ4n) is 3.57. The first kappa shape index (κ1) is 23.7. The molecule has 0 radical (unpaired) electrons. The average molecular weight is 458 g/mol. The number of nitrogens with one attached hydrogen (secondary N) is 2. The summed E-state index contributed by atoms with van der Waals surface area (Å²) in [6.45, 7) is 2.64. The van der Waals surface area contributed by atoms with Crippen molar-refractivity contribution in [1.29, 1.82) is 0 Å². The predicted octanol–water partition coefficient (Wildman–Crippen LogP) is 3.76. The lowest BCUT2D eigenvalue weighted by Crippen LogP contribution is -2.41. The quantitative estimate of drug-likeness (QED) is 0.336. The van der Waals surface area contributed by atoms with Crippen LogP contribution >= 0.6 is 12.2 Å². The lowest BCUT2D eigenvalue weighted by molar-refractivity contribution is 0.203. The summed E-state index contributed by atoms with van der Waals surface area (Å²) in [6.07, 6.45) is 2.88. The summed E-state index contributed by atoms with van der Waals surface area (Å²) in [6, 6.07) is 12.0. The van der Waals surface area contributed by atoms with Gasteiger partial charge in [-0.25, -0.2) is 0 Å². The molecule has 2 aromatic carbocycles. The molecule has 0 aliphatic carbocycles. The van der Waals surface area contributed by atoms with Crippen LogP contribution < -0.4 is 19.5 Å². The molecule has 1 heterocycles. The number of benzene rings is 2. The van der Waals surface area contributed by atoms with Crippen molar-refractivity contribution in [2.24, 2.45) is 0 Å². The number of hydrogen-bond donors (Lipinski definition) is 2. The molecule has 0 saturated heterocycles. The maximum absolute atomic E-state index is 5.70. The fourth-order valence-corrected chi connectivity index (χ4v) is 3.83. The van der Waals surface area contributed by atoms with Gasteiger partial charge in [0.05, 0.1) is 27.9 Å². The number of ether oxygens (including phenoxy) is 4. The molecular weight excluding hydrogens is 426 g/mol. The number of aromatic nitrogens is 1. The van der Waals surface area contributed by atoms with Gasteiger partial charge in [-0.05, 0) is 60.1 Å². The first-order valence-electron chi connectivity index (χ1n) is 10.5. The van der Waals surface area contributed by atoms with Crippen LogP contribution in [0.1, 0.15) is 11.1 Å². The van der Waals surface area contributed by atoms with E-state index < -0.39 is 0 Å². The molecule has 2 N–H and O–H groups in total. The van der Waals surface area contributed by atoms with Crippen LogP contribution in [0, 0.1) is 0 Å². The minimum Gasteiger partial charge on any atom is -0.497 e. The van der Waals surface area contributed by atoms with Gasteiger partial charge in [-0.15, -0.1) is 0 Å². The summed E-state index contributed by atoms with van der Waals surface area (Å²) < 4.78 is 21.4. The van der Waals surface area contributed by atoms with Gasteiger partial charge in [-0.2, -0.15) is 0 Å². The fraction of sp³-hybridized carbons (Fsp3) is 0.375. The van der Waals surface area contributed by atoms with Crippen LogP contribution in [-0.4, -0.2) is 63.1 Å². The number of nitrogens with zero attached hydrogens (tertiary/aromatic N) is 1. The third kappa shape index (κ3) is 5.83. The minimum atomic E-state index is 0.590. The molecule has 172 valence electrons. The van der Waals surface area contributed by atoms with Gasteiger partial charge in [0.2, 0.25) is 0 Å². The average Bonchev–Trinajstić information content (AvgIpc) is 3.23. The van der Waals surface area contributed by atoms with Crippen molar-refractivity contribution >= 4 is 28.2 Å². The van der Waals surface area contributed by atoms with E-state index in [4.69, 9.17) is 31.2 Å². The number of hydrogen-bond acceptors (Lipinski definition) is 5. The summed E-state index contributed by atoms with van der Waals surface area (Å²) in [7, 11) is 6.64. The molecule has 3 aromatic rings. The Labute approximate surface area is 194 Å². The van der Waals surface area contributed by atoms with E-state index in [0.29, 0.717) is 36.3 Å². The SMILES string of the molecule is COCCNC(=S)N(CCc1c[nH]c2ccc(OC)cc12)Cc1ccc(OC)c(OC)c1. The summed E-state index contributed by atoms with van der Waals surface area (Å²) in [5, 5.41) is 5.14. The van der Waals surface area contributed by atoms with E-state index in [9.17, 15) is 0 Å². The van der Waals surface area contributed by atoms with Gasteiger partial charge in [-0.1, -0.05) is 6.07 Å². The summed E-state index contributed by atoms with van der Waals surface area (Å²) in [5.41, 5.74) is 3.39. The molecule has 0 amide bonds. The Morgan fingerprint density at radius 3 is 2.53 bits per heavy atom. The van der Waals surface area contributed by atoms with Gasteiger partial charge in [0, 0.05) is 43.8 Å². The molecule has 0 fully saturated rings. The highest BCUT2D eigenvalue weighted by atomic mass is 32.1. The van der Waals surface area contributed by atoms with Gasteiger partial charge in [0.25, 0.3) is 0 Å². The number of rotatable bonds is 11. The van der Waals surface area contributed by atoms with Gasteiger partial charge in [0.1, 0.15) is 5.75 Å². The van der Waals surface area contributed by atoms with Gasteiger partial charge in [0.15, 0.2) is 16.6 Å². The second-order valence-electron chi connectivity index (χ2n) is 7.31. The Bertz CT molecular complexity index is 1040. The summed E-state index contributed by atoms with van der Waals surface area (Å²) >= 11 is 5.70. The van der Waals surface area contributed by atoms with Crippen molar-refractivity contribution in [1.82, 2.24) is 15.2 Å². The van der Waals surface area contributed by atoms with Crippen LogP contribution in [0.4, 0.5) is 0 Å². The molecular formula is C24H31N3O4S. The zero-order valence-electron chi connectivity index (χ0n) is 19.1. The highest BCUT2D eigenvalue weighted by molar-refractivity contribution is 7.80. The Balaban J connectivity index is 1.78. The molecule has 0 bridgehead atoms. The first-order valence-corrected chi connectivity index (χ1v) is 10.9. The Morgan fingerprint density at radius 1 is 1.00 bits per heavy atom. The van der Waals surface area contributed by atoms with Crippen LogP contribution in [0.15, 0.2) is 42.6 Å². The van der Waals surface area contributed by atoms with E-state index >= 15 is 0 Å². The van der Waals surface area contributed by atoms with Crippen LogP contribution in [0.3, 0.4) is 0 Å². The van der Waals surface area contributed by atoms with Crippen molar-refractivity contribution in [2.75, 3.05) is 48.1 Å². The number of H-pyrrole nitrogens is 1. The lowest BCUT2D eigenvalue weighted by atomic mass is 10.1. The van der Waals surface area contributed by atoms with E-state index in [1.807, 2.05) is 30.3 Å². The van der Waals surface area contributed by atoms with Crippen LogP contribution in [0.2, 0.25) is 0 Å². The topological polar surface area (TPSA) is 68.0 Å². The third-order valence-corrected chi connectivity index (χ3v) is 5.72. The first-order chi connectivity index (χ1) is 15.6. The molecule has 0 aliphatic heterocycles. The largest absolute Gasteiger partial charge is 0.497 e. The predicted molar refractivity (Wildman–Crippen MR) is 131 cm³/mol. The normalized spacial score (nSPS) is 10.8. The monoisotopic (exact) mass is 457 g/mol. The van der Waals surface area contributed by atoms with E-state index in [0.717, 1.165) is 35.2 Å². The number of fused-ring (bicyclic) bond motifs is 1. The Hall–Kier alpha value is -2.97. The number of methoxy groups -OCH3 is 4. The van der Waals surface area contributed by atoms with Crippen LogP contribution in [0.25, 0.3) is 10.9 Å². The molecule has 0 atom stereocenters. The molecule has 1 aromatic heterocycles. The smallest absolute Gasteiger partial charge is 0.169 e. The van der Waals surface area contributed by atoms with Crippen molar-refractivity contribution in [3.63, 3.8) is 0 Å². The second kappa shape index (κ2) is 11.6. The maximum Gasteiger partial charge on any atom is 0.169 e. The second-order valence-corrected chi connectivity index (χ2v) is 7.70. The highest BCUT2D eigenvalue weighted by Gasteiger charge is 2.14. The standard InChI is InChI=1S/C24H31N3O4S/c1-28-12-10-25-24(32)27(16-17-5-8-22(30-3)23(13-17)31-4)11-9-18-15-26-21-7-6-19(29-2)14-20(18)21/h5-8,13-15,26H,9-12,16H2,1-4H3,(H,25,32). The third-order valence-electron chi connectivity index (χ3n) is 5.32. The van der Waals surface area contributed by atoms with Gasteiger partial charge >= 0.3 is 0 Å². The summed E-state index contributed by atoms with van der Waals surface area (Å²) in [5.74, 6) is 2.25. The minimum absolute atomic E-state index is 0.590. The lowest BCUT2D eigenvalue weighted by Gasteiger charge is -2.26. The van der Waals surface area contributed by atoms with Crippen molar-refractivity contribution in [3.8, 4) is 17.2 Å². The molecule has 3 rings (SSSR count). The van der Waals surface area contributed by atoms with Crippen LogP contribution in [-0.2, 0) is 17.7 Å². The Morgan fingerprint density at radius 2 is 1.81 bits per heavy atom. The molecule has 0 aliphatic rings. The molecule has 32 heavy (non-hydrogen) atoms. The van der Waals surface area contributed by atoms with Crippen molar-refractivity contribution in [3.05, 3.63) is 53.7 Å². The number of aromatic amines is 1. The van der Waals surface area contributed by atoms with E-state index in [-0.39, 0.29) is 0 Å². The molecule has 0 spiro atoms. The maximum atomic E-state index is 5.70. The van der Waals surface area contributed by atoms with E-state index in [1.165, 1.54) is 5.56 Å². The summed E-state index contributed by atoms with van der Waals surface area (Å²) in [4.78, 5) is 5.50. The molecule has 0 unspecified atom stereocenters. The van der Waals surface area contributed by atoms with E-state index in [2.05, 4.69) is 27.5 Å². The molecule has 0 saturated carbocycles. The highest BCUT2D eigenvalue weighted by Crippen LogP contribution is 2.28. The van der Waals surface area contributed by atoms with Gasteiger partial charge < -0.3 is 34.1 Å². The number of thiocarbonyl (C=S) groups is 1. The van der Waals surface area contributed by atoms with Crippen LogP contribution in [0.5, 0.6) is 17.2 Å². The van der Waals surface area contributed by atoms with Gasteiger partial charge in [-0.3, -0.25) is 0 Å². The Kier molecular flexibility index (Phi) is 8.58. The molecule has 7 nitrogen and oxygen atoms in total.